The Morgan fingerprint density at radius 2 is 2.07 bits per heavy atom. The van der Waals surface area contributed by atoms with Gasteiger partial charge in [-0.2, -0.15) is 5.10 Å². The van der Waals surface area contributed by atoms with Crippen LogP contribution in [0.4, 0.5) is 0 Å². The molecule has 0 amide bonds. The monoisotopic (exact) mass is 202 g/mol. The molecule has 0 saturated carbocycles. The van der Waals surface area contributed by atoms with Gasteiger partial charge in [-0.3, -0.25) is 0 Å². The highest BCUT2D eigenvalue weighted by Gasteiger charge is 2.03. The maximum absolute atomic E-state index is 8.97. The van der Waals surface area contributed by atoms with Gasteiger partial charge in [0.15, 0.2) is 0 Å². The number of hydrogen-bond donors (Lipinski definition) is 1. The molecule has 1 heterocycles. The van der Waals surface area contributed by atoms with E-state index in [-0.39, 0.29) is 6.61 Å². The van der Waals surface area contributed by atoms with Crippen LogP contribution < -0.4 is 0 Å². The van der Waals surface area contributed by atoms with Crippen LogP contribution in [-0.2, 0) is 6.42 Å². The Balaban J connectivity index is 2.42. The van der Waals surface area contributed by atoms with Crippen molar-refractivity contribution in [3.05, 3.63) is 47.8 Å². The van der Waals surface area contributed by atoms with E-state index < -0.39 is 0 Å². The van der Waals surface area contributed by atoms with Crippen molar-refractivity contribution in [3.63, 3.8) is 0 Å². The van der Waals surface area contributed by atoms with Crippen LogP contribution in [0.5, 0.6) is 0 Å². The van der Waals surface area contributed by atoms with E-state index >= 15 is 0 Å². The summed E-state index contributed by atoms with van der Waals surface area (Å²) in [4.78, 5) is 0. The van der Waals surface area contributed by atoms with E-state index in [1.165, 1.54) is 0 Å². The highest BCUT2D eigenvalue weighted by atomic mass is 16.2. The molecule has 0 bridgehead atoms. The van der Waals surface area contributed by atoms with Crippen molar-refractivity contribution in [1.29, 1.82) is 0 Å². The van der Waals surface area contributed by atoms with Crippen LogP contribution in [0.1, 0.15) is 11.3 Å². The van der Waals surface area contributed by atoms with Crippen molar-refractivity contribution >= 4 is 0 Å². The Morgan fingerprint density at radius 3 is 2.73 bits per heavy atom. The summed E-state index contributed by atoms with van der Waals surface area (Å²) in [6, 6.07) is 9.95. The Morgan fingerprint density at radius 1 is 1.27 bits per heavy atom. The summed E-state index contributed by atoms with van der Waals surface area (Å²) >= 11 is 0. The van der Waals surface area contributed by atoms with Crippen molar-refractivity contribution in [1.82, 2.24) is 9.78 Å². The Labute approximate surface area is 89.0 Å². The van der Waals surface area contributed by atoms with Gasteiger partial charge >= 0.3 is 0 Å². The van der Waals surface area contributed by atoms with Gasteiger partial charge in [0.25, 0.3) is 0 Å². The molecule has 2 aromatic rings. The van der Waals surface area contributed by atoms with Gasteiger partial charge < -0.3 is 5.11 Å². The third-order valence-electron chi connectivity index (χ3n) is 2.34. The average Bonchev–Trinajstić information content (AvgIpc) is 2.66. The quantitative estimate of drug-likeness (QED) is 0.822. The summed E-state index contributed by atoms with van der Waals surface area (Å²) in [6.45, 7) is 2.13. The molecule has 0 fully saturated rings. The summed E-state index contributed by atoms with van der Waals surface area (Å²) in [7, 11) is 0. The van der Waals surface area contributed by atoms with Gasteiger partial charge in [0.05, 0.1) is 11.4 Å². The molecule has 1 aromatic heterocycles. The maximum Gasteiger partial charge on any atom is 0.0678 e. The summed E-state index contributed by atoms with van der Waals surface area (Å²) in [5.74, 6) is 0. The molecule has 1 N–H and O–H groups in total. The van der Waals surface area contributed by atoms with Crippen LogP contribution in [0, 0.1) is 6.92 Å². The number of rotatable bonds is 3. The van der Waals surface area contributed by atoms with Crippen LogP contribution in [-0.4, -0.2) is 21.5 Å². The first-order valence-electron chi connectivity index (χ1n) is 5.02. The fourth-order valence-corrected chi connectivity index (χ4v) is 1.62. The summed E-state index contributed by atoms with van der Waals surface area (Å²) in [5.41, 5.74) is 3.15. The topological polar surface area (TPSA) is 38.0 Å². The van der Waals surface area contributed by atoms with E-state index in [2.05, 4.69) is 5.10 Å². The Hall–Kier alpha value is -1.61. The number of benzene rings is 1. The van der Waals surface area contributed by atoms with E-state index in [1.807, 2.05) is 48.1 Å². The number of aliphatic hydroxyl groups is 1. The number of para-hydroxylation sites is 1. The standard InChI is InChI=1S/C12H14N2O/c1-10-6-8-14(13-10)12-5-3-2-4-11(12)7-9-15/h2-6,8,15H,7,9H2,1H3. The van der Waals surface area contributed by atoms with Crippen LogP contribution in [0.3, 0.4) is 0 Å². The zero-order valence-corrected chi connectivity index (χ0v) is 8.72. The zero-order chi connectivity index (χ0) is 10.7. The second-order valence-electron chi connectivity index (χ2n) is 3.50. The molecular formula is C12H14N2O. The Bertz CT molecular complexity index is 448. The van der Waals surface area contributed by atoms with Crippen molar-refractivity contribution in [2.45, 2.75) is 13.3 Å². The molecule has 0 saturated heterocycles. The predicted octanol–water partition coefficient (Wildman–Crippen LogP) is 1.72. The summed E-state index contributed by atoms with van der Waals surface area (Å²) in [5, 5.41) is 13.3. The Kier molecular flexibility index (Phi) is 2.83. The first-order valence-corrected chi connectivity index (χ1v) is 5.02. The van der Waals surface area contributed by atoms with Gasteiger partial charge in [0, 0.05) is 12.8 Å². The minimum absolute atomic E-state index is 0.164. The minimum Gasteiger partial charge on any atom is -0.396 e. The van der Waals surface area contributed by atoms with Crippen molar-refractivity contribution in [3.8, 4) is 5.69 Å². The zero-order valence-electron chi connectivity index (χ0n) is 8.72. The second-order valence-corrected chi connectivity index (χ2v) is 3.50. The van der Waals surface area contributed by atoms with Crippen molar-refractivity contribution in [2.75, 3.05) is 6.61 Å². The van der Waals surface area contributed by atoms with E-state index in [9.17, 15) is 0 Å². The molecule has 15 heavy (non-hydrogen) atoms. The molecule has 2 rings (SSSR count). The molecule has 0 aliphatic heterocycles. The third-order valence-corrected chi connectivity index (χ3v) is 2.34. The van der Waals surface area contributed by atoms with Crippen LogP contribution in [0.15, 0.2) is 36.5 Å². The average molecular weight is 202 g/mol. The van der Waals surface area contributed by atoms with E-state index in [1.54, 1.807) is 0 Å². The van der Waals surface area contributed by atoms with Gasteiger partial charge in [0.2, 0.25) is 0 Å². The first-order chi connectivity index (χ1) is 7.31. The lowest BCUT2D eigenvalue weighted by Crippen LogP contribution is -2.02. The highest BCUT2D eigenvalue weighted by molar-refractivity contribution is 5.40. The molecule has 1 aromatic carbocycles. The minimum atomic E-state index is 0.164. The smallest absolute Gasteiger partial charge is 0.0678 e. The molecule has 3 nitrogen and oxygen atoms in total. The molecular weight excluding hydrogens is 188 g/mol. The molecule has 0 atom stereocenters. The molecule has 0 spiro atoms. The fourth-order valence-electron chi connectivity index (χ4n) is 1.62. The number of nitrogens with zero attached hydrogens (tertiary/aromatic N) is 2. The molecule has 78 valence electrons. The first kappa shape index (κ1) is 9.93. The lowest BCUT2D eigenvalue weighted by Gasteiger charge is -2.07. The molecule has 3 heteroatoms. The van der Waals surface area contributed by atoms with E-state index in [4.69, 9.17) is 5.11 Å². The molecule has 0 aliphatic carbocycles. The largest absolute Gasteiger partial charge is 0.396 e. The van der Waals surface area contributed by atoms with Gasteiger partial charge in [-0.1, -0.05) is 18.2 Å². The number of hydrogen-bond acceptors (Lipinski definition) is 2. The van der Waals surface area contributed by atoms with Crippen LogP contribution in [0.25, 0.3) is 5.69 Å². The summed E-state index contributed by atoms with van der Waals surface area (Å²) in [6.07, 6.45) is 2.60. The second kappa shape index (κ2) is 4.28. The van der Waals surface area contributed by atoms with Gasteiger partial charge in [-0.25, -0.2) is 4.68 Å². The number of aliphatic hydroxyl groups excluding tert-OH is 1. The van der Waals surface area contributed by atoms with Crippen LogP contribution >= 0.6 is 0 Å². The van der Waals surface area contributed by atoms with Gasteiger partial charge in [-0.15, -0.1) is 0 Å². The van der Waals surface area contributed by atoms with E-state index in [0.717, 1.165) is 16.9 Å². The highest BCUT2D eigenvalue weighted by Crippen LogP contribution is 2.14. The number of aryl methyl sites for hydroxylation is 1. The molecule has 0 aliphatic rings. The summed E-state index contributed by atoms with van der Waals surface area (Å²) < 4.78 is 1.85. The van der Waals surface area contributed by atoms with Crippen molar-refractivity contribution < 1.29 is 5.11 Å². The lowest BCUT2D eigenvalue weighted by atomic mass is 10.1. The SMILES string of the molecule is Cc1ccn(-c2ccccc2CCO)n1. The van der Waals surface area contributed by atoms with E-state index in [0.29, 0.717) is 6.42 Å². The lowest BCUT2D eigenvalue weighted by molar-refractivity contribution is 0.299. The van der Waals surface area contributed by atoms with Crippen molar-refractivity contribution in [2.24, 2.45) is 0 Å². The van der Waals surface area contributed by atoms with Crippen LogP contribution in [0.2, 0.25) is 0 Å². The maximum atomic E-state index is 8.97. The predicted molar refractivity (Wildman–Crippen MR) is 59.1 cm³/mol. The number of aromatic nitrogens is 2. The molecule has 0 unspecified atom stereocenters. The third kappa shape index (κ3) is 2.07. The van der Waals surface area contributed by atoms with Gasteiger partial charge in [0.1, 0.15) is 0 Å². The normalized spacial score (nSPS) is 10.5. The molecule has 0 radical (unpaired) electrons. The van der Waals surface area contributed by atoms with Gasteiger partial charge in [-0.05, 0) is 31.0 Å². The fraction of sp³-hybridized carbons (Fsp3) is 0.250.